The van der Waals surface area contributed by atoms with Gasteiger partial charge in [0.1, 0.15) is 0 Å². The number of carbonyl (C=O) groups is 1. The van der Waals surface area contributed by atoms with Gasteiger partial charge in [-0.15, -0.1) is 11.6 Å². The second-order valence-electron chi connectivity index (χ2n) is 4.24. The number of pyridine rings is 1. The fourth-order valence-corrected chi connectivity index (χ4v) is 1.78. The second kappa shape index (κ2) is 7.19. The van der Waals surface area contributed by atoms with Gasteiger partial charge in [-0.2, -0.15) is 0 Å². The van der Waals surface area contributed by atoms with Gasteiger partial charge in [-0.1, -0.05) is 0 Å². The molecule has 1 heterocycles. The Bertz CT molecular complexity index is 496. The van der Waals surface area contributed by atoms with Crippen LogP contribution in [0.15, 0.2) is 17.1 Å². The van der Waals surface area contributed by atoms with Gasteiger partial charge < -0.3 is 14.0 Å². The monoisotopic (exact) mass is 287 g/mol. The Morgan fingerprint density at radius 1 is 1.47 bits per heavy atom. The molecular weight excluding hydrogens is 270 g/mol. The summed E-state index contributed by atoms with van der Waals surface area (Å²) in [6.07, 6.45) is 1.35. The van der Waals surface area contributed by atoms with Crippen molar-refractivity contribution < 1.29 is 14.3 Å². The predicted molar refractivity (Wildman–Crippen MR) is 72.7 cm³/mol. The highest BCUT2D eigenvalue weighted by Gasteiger charge is 2.10. The molecule has 1 aromatic rings. The maximum absolute atomic E-state index is 11.8. The topological polar surface area (TPSA) is 57.5 Å². The van der Waals surface area contributed by atoms with Crippen LogP contribution in [0.3, 0.4) is 0 Å². The lowest BCUT2D eigenvalue weighted by molar-refractivity contribution is -0.149. The van der Waals surface area contributed by atoms with Crippen molar-refractivity contribution in [2.45, 2.75) is 39.3 Å². The Labute approximate surface area is 117 Å². The van der Waals surface area contributed by atoms with E-state index in [1.165, 1.54) is 6.07 Å². The van der Waals surface area contributed by atoms with E-state index < -0.39 is 5.97 Å². The van der Waals surface area contributed by atoms with E-state index in [0.29, 0.717) is 12.2 Å². The lowest BCUT2D eigenvalue weighted by Gasteiger charge is -2.12. The number of carbonyl (C=O) groups excluding carboxylic acids is 1. The van der Waals surface area contributed by atoms with E-state index in [4.69, 9.17) is 21.1 Å². The molecule has 0 aliphatic carbocycles. The van der Waals surface area contributed by atoms with Gasteiger partial charge in [0.2, 0.25) is 5.43 Å². The van der Waals surface area contributed by atoms with E-state index in [1.54, 1.807) is 24.6 Å². The Morgan fingerprint density at radius 3 is 2.68 bits per heavy atom. The van der Waals surface area contributed by atoms with E-state index in [0.717, 1.165) is 0 Å². The lowest BCUT2D eigenvalue weighted by Crippen LogP contribution is -2.22. The van der Waals surface area contributed by atoms with Gasteiger partial charge in [0, 0.05) is 18.3 Å². The SMILES string of the molecule is CCn1cc(OCC(=O)OC(C)C)c(=O)cc1CCl. The summed E-state index contributed by atoms with van der Waals surface area (Å²) in [4.78, 5) is 23.1. The van der Waals surface area contributed by atoms with Crippen LogP contribution in [0, 0.1) is 0 Å². The van der Waals surface area contributed by atoms with Crippen LogP contribution in [-0.4, -0.2) is 23.2 Å². The van der Waals surface area contributed by atoms with Crippen molar-refractivity contribution in [2.24, 2.45) is 0 Å². The van der Waals surface area contributed by atoms with Crippen LogP contribution in [-0.2, 0) is 22.0 Å². The average molecular weight is 288 g/mol. The zero-order chi connectivity index (χ0) is 14.4. The highest BCUT2D eigenvalue weighted by Crippen LogP contribution is 2.09. The summed E-state index contributed by atoms with van der Waals surface area (Å²) < 4.78 is 11.9. The molecule has 0 aliphatic rings. The van der Waals surface area contributed by atoms with Crippen LogP contribution in [0.25, 0.3) is 0 Å². The van der Waals surface area contributed by atoms with Gasteiger partial charge in [-0.05, 0) is 20.8 Å². The molecule has 106 valence electrons. The standard InChI is InChI=1S/C13H18ClNO4/c1-4-15-7-12(11(16)5-10(15)6-14)18-8-13(17)19-9(2)3/h5,7,9H,4,6,8H2,1-3H3. The number of ether oxygens (including phenoxy) is 2. The molecule has 19 heavy (non-hydrogen) atoms. The Morgan fingerprint density at radius 2 is 2.16 bits per heavy atom. The number of esters is 1. The fourth-order valence-electron chi connectivity index (χ4n) is 1.55. The van der Waals surface area contributed by atoms with E-state index in [-0.39, 0.29) is 29.8 Å². The Hall–Kier alpha value is -1.49. The quantitative estimate of drug-likeness (QED) is 0.593. The van der Waals surface area contributed by atoms with Crippen molar-refractivity contribution in [3.05, 3.63) is 28.2 Å². The van der Waals surface area contributed by atoms with E-state index in [9.17, 15) is 9.59 Å². The summed E-state index contributed by atoms with van der Waals surface area (Å²) in [6.45, 7) is 5.80. The van der Waals surface area contributed by atoms with Crippen molar-refractivity contribution in [1.82, 2.24) is 4.57 Å². The summed E-state index contributed by atoms with van der Waals surface area (Å²) >= 11 is 5.75. The van der Waals surface area contributed by atoms with Gasteiger partial charge in [-0.3, -0.25) is 4.79 Å². The zero-order valence-corrected chi connectivity index (χ0v) is 12.1. The first-order valence-electron chi connectivity index (χ1n) is 6.09. The zero-order valence-electron chi connectivity index (χ0n) is 11.3. The lowest BCUT2D eigenvalue weighted by atomic mass is 10.3. The van der Waals surface area contributed by atoms with Crippen molar-refractivity contribution in [2.75, 3.05) is 6.61 Å². The van der Waals surface area contributed by atoms with Crippen LogP contribution in [0.2, 0.25) is 0 Å². The van der Waals surface area contributed by atoms with Gasteiger partial charge in [0.05, 0.1) is 18.2 Å². The number of rotatable bonds is 6. The summed E-state index contributed by atoms with van der Waals surface area (Å²) in [6, 6.07) is 1.42. The Kier molecular flexibility index (Phi) is 5.89. The molecular formula is C13H18ClNO4. The predicted octanol–water partition coefficient (Wildman–Crippen LogP) is 1.94. The van der Waals surface area contributed by atoms with E-state index in [2.05, 4.69) is 0 Å². The average Bonchev–Trinajstić information content (AvgIpc) is 2.36. The van der Waals surface area contributed by atoms with Crippen LogP contribution < -0.4 is 10.2 Å². The van der Waals surface area contributed by atoms with Gasteiger partial charge >= 0.3 is 5.97 Å². The van der Waals surface area contributed by atoms with Crippen molar-refractivity contribution in [3.8, 4) is 5.75 Å². The number of aryl methyl sites for hydroxylation is 1. The van der Waals surface area contributed by atoms with Gasteiger partial charge in [0.25, 0.3) is 0 Å². The summed E-state index contributed by atoms with van der Waals surface area (Å²) in [5.74, 6) is -0.131. The highest BCUT2D eigenvalue weighted by atomic mass is 35.5. The van der Waals surface area contributed by atoms with Crippen molar-refractivity contribution in [3.63, 3.8) is 0 Å². The largest absolute Gasteiger partial charge is 0.476 e. The van der Waals surface area contributed by atoms with Crippen molar-refractivity contribution >= 4 is 17.6 Å². The first-order valence-corrected chi connectivity index (χ1v) is 6.63. The third-order valence-electron chi connectivity index (χ3n) is 2.37. The van der Waals surface area contributed by atoms with Gasteiger partial charge in [-0.25, -0.2) is 4.79 Å². The minimum Gasteiger partial charge on any atom is -0.476 e. The third-order valence-corrected chi connectivity index (χ3v) is 2.65. The molecule has 0 saturated carbocycles. The summed E-state index contributed by atoms with van der Waals surface area (Å²) in [7, 11) is 0. The molecule has 6 heteroatoms. The van der Waals surface area contributed by atoms with Crippen LogP contribution in [0.4, 0.5) is 0 Å². The number of aromatic nitrogens is 1. The molecule has 0 amide bonds. The molecule has 0 N–H and O–H groups in total. The van der Waals surface area contributed by atoms with Crippen LogP contribution in [0.5, 0.6) is 5.75 Å². The minimum atomic E-state index is -0.501. The Balaban J connectivity index is 2.79. The van der Waals surface area contributed by atoms with Gasteiger partial charge in [0.15, 0.2) is 12.4 Å². The maximum atomic E-state index is 11.8. The molecule has 1 aromatic heterocycles. The smallest absolute Gasteiger partial charge is 0.344 e. The molecule has 0 atom stereocenters. The molecule has 0 fully saturated rings. The fraction of sp³-hybridized carbons (Fsp3) is 0.538. The molecule has 0 bridgehead atoms. The normalized spacial score (nSPS) is 10.6. The molecule has 0 radical (unpaired) electrons. The number of halogens is 1. The maximum Gasteiger partial charge on any atom is 0.344 e. The minimum absolute atomic E-state index is 0.122. The second-order valence-corrected chi connectivity index (χ2v) is 4.51. The van der Waals surface area contributed by atoms with E-state index in [1.807, 2.05) is 6.92 Å². The summed E-state index contributed by atoms with van der Waals surface area (Å²) in [5, 5.41) is 0. The summed E-state index contributed by atoms with van der Waals surface area (Å²) in [5.41, 5.74) is 0.420. The van der Waals surface area contributed by atoms with Crippen LogP contribution in [0.1, 0.15) is 26.5 Å². The molecule has 0 unspecified atom stereocenters. The number of hydrogen-bond donors (Lipinski definition) is 0. The van der Waals surface area contributed by atoms with Crippen molar-refractivity contribution in [1.29, 1.82) is 0 Å². The van der Waals surface area contributed by atoms with E-state index >= 15 is 0 Å². The molecule has 1 rings (SSSR count). The highest BCUT2D eigenvalue weighted by molar-refractivity contribution is 6.16. The number of alkyl halides is 1. The number of nitrogens with zero attached hydrogens (tertiary/aromatic N) is 1. The molecule has 5 nitrogen and oxygen atoms in total. The molecule has 0 saturated heterocycles. The molecule has 0 aromatic carbocycles. The third kappa shape index (κ3) is 4.59. The first-order chi connectivity index (χ1) is 8.97. The first kappa shape index (κ1) is 15.6. The number of hydrogen-bond acceptors (Lipinski definition) is 4. The van der Waals surface area contributed by atoms with Crippen LogP contribution >= 0.6 is 11.6 Å². The molecule has 0 aliphatic heterocycles. The molecule has 0 spiro atoms.